The Bertz CT molecular complexity index is 981. The Hall–Kier alpha value is -2.47. The van der Waals surface area contributed by atoms with Crippen LogP contribution in [0.4, 0.5) is 0 Å². The summed E-state index contributed by atoms with van der Waals surface area (Å²) in [5.74, 6) is 2.29. The fourth-order valence-corrected chi connectivity index (χ4v) is 3.71. The SMILES string of the molecule is CCNC(=NCCc1ccc(-c2nc(CC)no2)cc1)N1CCN(Cc2ccon2)CC1.I. The van der Waals surface area contributed by atoms with Crippen molar-refractivity contribution in [2.45, 2.75) is 33.2 Å². The molecule has 2 aromatic heterocycles. The summed E-state index contributed by atoms with van der Waals surface area (Å²) in [6, 6.07) is 10.2. The largest absolute Gasteiger partial charge is 0.364 e. The Labute approximate surface area is 211 Å². The normalized spacial score (nSPS) is 14.8. The molecule has 0 radical (unpaired) electrons. The fraction of sp³-hybridized carbons (Fsp3) is 0.478. The van der Waals surface area contributed by atoms with Crippen LogP contribution in [0.2, 0.25) is 0 Å². The molecule has 3 heterocycles. The average molecular weight is 565 g/mol. The van der Waals surface area contributed by atoms with E-state index in [9.17, 15) is 0 Å². The number of aliphatic imine (C=N–C) groups is 1. The number of benzene rings is 1. The van der Waals surface area contributed by atoms with Crippen molar-refractivity contribution in [1.29, 1.82) is 0 Å². The molecule has 1 saturated heterocycles. The summed E-state index contributed by atoms with van der Waals surface area (Å²) in [7, 11) is 0. The van der Waals surface area contributed by atoms with E-state index in [1.165, 1.54) is 5.56 Å². The highest BCUT2D eigenvalue weighted by Crippen LogP contribution is 2.18. The highest BCUT2D eigenvalue weighted by atomic mass is 127. The van der Waals surface area contributed by atoms with Crippen molar-refractivity contribution in [2.24, 2.45) is 4.99 Å². The van der Waals surface area contributed by atoms with E-state index in [1.807, 2.05) is 25.1 Å². The molecule has 0 spiro atoms. The summed E-state index contributed by atoms with van der Waals surface area (Å²) in [6.45, 7) is 10.4. The average Bonchev–Trinajstić information content (AvgIpc) is 3.52. The highest BCUT2D eigenvalue weighted by molar-refractivity contribution is 14.0. The van der Waals surface area contributed by atoms with Gasteiger partial charge in [0.05, 0.1) is 5.69 Å². The van der Waals surface area contributed by atoms with E-state index in [2.05, 4.69) is 49.5 Å². The Balaban J connectivity index is 0.00000306. The smallest absolute Gasteiger partial charge is 0.257 e. The van der Waals surface area contributed by atoms with Crippen LogP contribution in [0.3, 0.4) is 0 Å². The van der Waals surface area contributed by atoms with E-state index < -0.39 is 0 Å². The summed E-state index contributed by atoms with van der Waals surface area (Å²) in [6.07, 6.45) is 3.28. The molecule has 1 aliphatic rings. The molecule has 0 bridgehead atoms. The van der Waals surface area contributed by atoms with Gasteiger partial charge in [-0.2, -0.15) is 4.98 Å². The summed E-state index contributed by atoms with van der Waals surface area (Å²) in [4.78, 5) is 14.0. The molecule has 1 aliphatic heterocycles. The predicted molar refractivity (Wildman–Crippen MR) is 138 cm³/mol. The molecule has 9 nitrogen and oxygen atoms in total. The number of piperazine rings is 1. The number of rotatable bonds is 8. The maximum Gasteiger partial charge on any atom is 0.257 e. The molecule has 3 aromatic rings. The van der Waals surface area contributed by atoms with Crippen molar-refractivity contribution in [3.8, 4) is 11.5 Å². The lowest BCUT2D eigenvalue weighted by Gasteiger charge is -2.36. The molecule has 0 atom stereocenters. The van der Waals surface area contributed by atoms with Gasteiger partial charge in [-0.25, -0.2) is 0 Å². The van der Waals surface area contributed by atoms with E-state index in [-0.39, 0.29) is 24.0 Å². The van der Waals surface area contributed by atoms with E-state index >= 15 is 0 Å². The predicted octanol–water partition coefficient (Wildman–Crippen LogP) is 3.23. The third-order valence-corrected chi connectivity index (χ3v) is 5.53. The third-order valence-electron chi connectivity index (χ3n) is 5.53. The van der Waals surface area contributed by atoms with Crippen molar-refractivity contribution in [3.05, 3.63) is 53.7 Å². The molecule has 0 amide bonds. The fourth-order valence-electron chi connectivity index (χ4n) is 3.71. The van der Waals surface area contributed by atoms with Gasteiger partial charge in [-0.3, -0.25) is 9.89 Å². The van der Waals surface area contributed by atoms with Gasteiger partial charge in [0.15, 0.2) is 11.8 Å². The maximum absolute atomic E-state index is 5.32. The lowest BCUT2D eigenvalue weighted by molar-refractivity contribution is 0.169. The van der Waals surface area contributed by atoms with Crippen LogP contribution in [0.25, 0.3) is 11.5 Å². The molecule has 1 N–H and O–H groups in total. The Morgan fingerprint density at radius 2 is 1.85 bits per heavy atom. The molecule has 0 aliphatic carbocycles. The van der Waals surface area contributed by atoms with E-state index in [0.29, 0.717) is 5.89 Å². The molecule has 0 saturated carbocycles. The van der Waals surface area contributed by atoms with Gasteiger partial charge in [0, 0.05) is 63.9 Å². The van der Waals surface area contributed by atoms with Gasteiger partial charge in [0.2, 0.25) is 0 Å². The van der Waals surface area contributed by atoms with Crippen LogP contribution in [0.5, 0.6) is 0 Å². The molecule has 4 rings (SSSR count). The van der Waals surface area contributed by atoms with Crippen LogP contribution in [0.15, 0.2) is 50.6 Å². The summed E-state index contributed by atoms with van der Waals surface area (Å²) < 4.78 is 10.3. The van der Waals surface area contributed by atoms with E-state index in [1.54, 1.807) is 6.26 Å². The first-order valence-corrected chi connectivity index (χ1v) is 11.3. The quantitative estimate of drug-likeness (QED) is 0.253. The van der Waals surface area contributed by atoms with Crippen molar-refractivity contribution in [1.82, 2.24) is 30.4 Å². The molecule has 1 aromatic carbocycles. The molecule has 0 unspecified atom stereocenters. The van der Waals surface area contributed by atoms with Gasteiger partial charge < -0.3 is 19.3 Å². The lowest BCUT2D eigenvalue weighted by atomic mass is 10.1. The number of halogens is 1. The Kier molecular flexibility index (Phi) is 9.67. The van der Waals surface area contributed by atoms with Gasteiger partial charge in [-0.1, -0.05) is 29.4 Å². The topological polar surface area (TPSA) is 95.8 Å². The van der Waals surface area contributed by atoms with Crippen LogP contribution >= 0.6 is 24.0 Å². The number of guanidine groups is 1. The van der Waals surface area contributed by atoms with Crippen molar-refractivity contribution in [2.75, 3.05) is 39.3 Å². The van der Waals surface area contributed by atoms with Crippen molar-refractivity contribution >= 4 is 29.9 Å². The van der Waals surface area contributed by atoms with Crippen LogP contribution in [0.1, 0.15) is 30.9 Å². The minimum absolute atomic E-state index is 0. The highest BCUT2D eigenvalue weighted by Gasteiger charge is 2.20. The van der Waals surface area contributed by atoms with Gasteiger partial charge in [0.1, 0.15) is 6.26 Å². The van der Waals surface area contributed by atoms with E-state index in [4.69, 9.17) is 14.0 Å². The third kappa shape index (κ3) is 7.00. The number of aryl methyl sites for hydroxylation is 1. The van der Waals surface area contributed by atoms with Gasteiger partial charge in [0.25, 0.3) is 5.89 Å². The van der Waals surface area contributed by atoms with Crippen LogP contribution < -0.4 is 5.32 Å². The first kappa shape index (κ1) is 25.2. The van der Waals surface area contributed by atoms with Crippen LogP contribution in [-0.2, 0) is 19.4 Å². The number of nitrogens with one attached hydrogen (secondary N) is 1. The zero-order valence-electron chi connectivity index (χ0n) is 19.2. The van der Waals surface area contributed by atoms with Gasteiger partial charge in [-0.15, -0.1) is 24.0 Å². The Morgan fingerprint density at radius 1 is 1.06 bits per heavy atom. The summed E-state index contributed by atoms with van der Waals surface area (Å²) in [5.41, 5.74) is 3.16. The molecule has 10 heteroatoms. The molecule has 178 valence electrons. The second-order valence-corrected chi connectivity index (χ2v) is 7.81. The minimum Gasteiger partial charge on any atom is -0.364 e. The molecular weight excluding hydrogens is 533 g/mol. The number of hydrogen-bond acceptors (Lipinski definition) is 7. The zero-order valence-corrected chi connectivity index (χ0v) is 21.6. The van der Waals surface area contributed by atoms with Crippen LogP contribution in [0, 0.1) is 0 Å². The van der Waals surface area contributed by atoms with Crippen molar-refractivity contribution < 1.29 is 9.05 Å². The standard InChI is InChI=1S/C23H31N7O2.HI/c1-3-21-26-22(32-28-21)19-7-5-18(6-8-19)9-11-25-23(24-4-2)30-14-12-29(13-15-30)17-20-10-16-31-27-20;/h5-8,10,16H,3-4,9,11-15,17H2,1-2H3,(H,24,25);1H. The summed E-state index contributed by atoms with van der Waals surface area (Å²) >= 11 is 0. The second kappa shape index (κ2) is 12.7. The summed E-state index contributed by atoms with van der Waals surface area (Å²) in [5, 5.41) is 11.4. The Morgan fingerprint density at radius 3 is 2.48 bits per heavy atom. The van der Waals surface area contributed by atoms with Gasteiger partial charge in [-0.05, 0) is 31.0 Å². The van der Waals surface area contributed by atoms with Crippen LogP contribution in [-0.4, -0.2) is 70.3 Å². The zero-order chi connectivity index (χ0) is 22.2. The monoisotopic (exact) mass is 565 g/mol. The second-order valence-electron chi connectivity index (χ2n) is 7.81. The lowest BCUT2D eigenvalue weighted by Crippen LogP contribution is -2.52. The maximum atomic E-state index is 5.32. The number of hydrogen-bond donors (Lipinski definition) is 1. The number of aromatic nitrogens is 3. The first-order chi connectivity index (χ1) is 15.7. The van der Waals surface area contributed by atoms with E-state index in [0.717, 1.165) is 81.7 Å². The van der Waals surface area contributed by atoms with Gasteiger partial charge >= 0.3 is 0 Å². The van der Waals surface area contributed by atoms with Crippen molar-refractivity contribution in [3.63, 3.8) is 0 Å². The first-order valence-electron chi connectivity index (χ1n) is 11.3. The molecule has 33 heavy (non-hydrogen) atoms. The molecule has 1 fully saturated rings. The minimum atomic E-state index is 0. The molecular formula is C23H32IN7O2. The number of nitrogens with zero attached hydrogens (tertiary/aromatic N) is 6.